The van der Waals surface area contributed by atoms with E-state index in [0.29, 0.717) is 23.5 Å². The molecule has 1 unspecified atom stereocenters. The van der Waals surface area contributed by atoms with Crippen molar-refractivity contribution in [2.75, 3.05) is 13.1 Å². The van der Waals surface area contributed by atoms with Gasteiger partial charge in [0.2, 0.25) is 5.91 Å². The summed E-state index contributed by atoms with van der Waals surface area (Å²) in [5.41, 5.74) is 0. The summed E-state index contributed by atoms with van der Waals surface area (Å²) in [4.78, 5) is 27.0. The number of nitrogens with zero attached hydrogens (tertiary/aromatic N) is 1. The zero-order valence-corrected chi connectivity index (χ0v) is 12.8. The van der Waals surface area contributed by atoms with Gasteiger partial charge in [-0.3, -0.25) is 9.59 Å². The largest absolute Gasteiger partial charge is 0.342 e. The molecule has 0 N–H and O–H groups in total. The second kappa shape index (κ2) is 5.50. The van der Waals surface area contributed by atoms with Gasteiger partial charge in [0.15, 0.2) is 0 Å². The van der Waals surface area contributed by atoms with E-state index in [0.717, 1.165) is 38.8 Å². The van der Waals surface area contributed by atoms with Crippen molar-refractivity contribution >= 4 is 11.7 Å². The summed E-state index contributed by atoms with van der Waals surface area (Å²) in [5.74, 6) is 2.54. The van der Waals surface area contributed by atoms with Gasteiger partial charge in [-0.25, -0.2) is 0 Å². The van der Waals surface area contributed by atoms with Crippen LogP contribution >= 0.6 is 0 Å². The van der Waals surface area contributed by atoms with Gasteiger partial charge in [0.05, 0.1) is 0 Å². The van der Waals surface area contributed by atoms with Gasteiger partial charge in [0, 0.05) is 30.8 Å². The van der Waals surface area contributed by atoms with Gasteiger partial charge in [-0.05, 0) is 43.9 Å². The highest BCUT2D eigenvalue weighted by molar-refractivity contribution is 5.88. The lowest BCUT2D eigenvalue weighted by molar-refractivity contribution is -0.145. The molecule has 20 heavy (non-hydrogen) atoms. The van der Waals surface area contributed by atoms with Gasteiger partial charge in [0.1, 0.15) is 5.78 Å². The third-order valence-electron chi connectivity index (χ3n) is 5.58. The summed E-state index contributed by atoms with van der Waals surface area (Å²) in [6.07, 6.45) is 6.11. The zero-order valence-electron chi connectivity index (χ0n) is 12.8. The number of hydrogen-bond acceptors (Lipinski definition) is 2. The lowest BCUT2D eigenvalue weighted by Gasteiger charge is -2.41. The van der Waals surface area contributed by atoms with Gasteiger partial charge in [-0.15, -0.1) is 0 Å². The first-order valence-corrected chi connectivity index (χ1v) is 8.37. The summed E-state index contributed by atoms with van der Waals surface area (Å²) in [6, 6.07) is 0. The van der Waals surface area contributed by atoms with Crippen LogP contribution in [0.25, 0.3) is 0 Å². The number of fused-ring (bicyclic) bond motifs is 2. The summed E-state index contributed by atoms with van der Waals surface area (Å²) < 4.78 is 0. The normalized spacial score (nSPS) is 41.6. The van der Waals surface area contributed by atoms with Crippen molar-refractivity contribution in [3.63, 3.8) is 0 Å². The number of piperidine rings is 1. The van der Waals surface area contributed by atoms with Gasteiger partial charge >= 0.3 is 0 Å². The number of hydrogen-bond donors (Lipinski definition) is 0. The van der Waals surface area contributed by atoms with E-state index in [1.54, 1.807) is 0 Å². The maximum Gasteiger partial charge on any atom is 0.225 e. The number of carbonyl (C=O) groups excluding carboxylic acids is 2. The van der Waals surface area contributed by atoms with Crippen LogP contribution in [0.2, 0.25) is 0 Å². The number of ketones is 1. The Bertz CT molecular complexity index is 380. The molecule has 0 spiro atoms. The lowest BCUT2D eigenvalue weighted by atomic mass is 9.66. The van der Waals surface area contributed by atoms with Gasteiger partial charge in [0.25, 0.3) is 0 Å². The third kappa shape index (κ3) is 2.64. The molecule has 2 aliphatic carbocycles. The maximum atomic E-state index is 12.8. The molecule has 1 aliphatic heterocycles. The van der Waals surface area contributed by atoms with Gasteiger partial charge < -0.3 is 4.90 Å². The molecule has 1 heterocycles. The monoisotopic (exact) mass is 277 g/mol. The van der Waals surface area contributed by atoms with Gasteiger partial charge in [-0.2, -0.15) is 0 Å². The van der Waals surface area contributed by atoms with Crippen LogP contribution in [0.15, 0.2) is 0 Å². The molecule has 2 saturated carbocycles. The molecule has 0 aromatic rings. The summed E-state index contributed by atoms with van der Waals surface area (Å²) in [7, 11) is 0. The van der Waals surface area contributed by atoms with Crippen LogP contribution in [0.1, 0.15) is 52.4 Å². The minimum absolute atomic E-state index is 0.125. The average molecular weight is 277 g/mol. The van der Waals surface area contributed by atoms with Crippen LogP contribution in [0.3, 0.4) is 0 Å². The number of rotatable bonds is 1. The molecule has 0 aromatic heterocycles. The molecule has 3 rings (SSSR count). The van der Waals surface area contributed by atoms with Crippen LogP contribution in [0.5, 0.6) is 0 Å². The van der Waals surface area contributed by atoms with Gasteiger partial charge in [-0.1, -0.05) is 20.3 Å². The van der Waals surface area contributed by atoms with Crippen molar-refractivity contribution in [1.82, 2.24) is 4.90 Å². The van der Waals surface area contributed by atoms with Crippen LogP contribution in [-0.4, -0.2) is 29.7 Å². The van der Waals surface area contributed by atoms with E-state index in [4.69, 9.17) is 0 Å². The Morgan fingerprint density at radius 3 is 2.10 bits per heavy atom. The van der Waals surface area contributed by atoms with E-state index >= 15 is 0 Å². The highest BCUT2D eigenvalue weighted by Gasteiger charge is 2.42. The van der Waals surface area contributed by atoms with Crippen LogP contribution < -0.4 is 0 Å². The standard InChI is InChI=1S/C17H27NO2/c1-11-6-12(2)10-18(9-11)17(20)15-7-13-4-3-5-14(8-15)16(13)19/h11-15H,3-10H2,1-2H3/t11-,12-,13-,14+,15?/m0/s1. The van der Waals surface area contributed by atoms with E-state index < -0.39 is 0 Å². The van der Waals surface area contributed by atoms with E-state index in [2.05, 4.69) is 18.7 Å². The highest BCUT2D eigenvalue weighted by atomic mass is 16.2. The van der Waals surface area contributed by atoms with Crippen molar-refractivity contribution in [2.24, 2.45) is 29.6 Å². The van der Waals surface area contributed by atoms with Crippen molar-refractivity contribution in [1.29, 1.82) is 0 Å². The fraction of sp³-hybridized carbons (Fsp3) is 0.882. The first-order valence-electron chi connectivity index (χ1n) is 8.37. The number of carbonyl (C=O) groups is 2. The van der Waals surface area contributed by atoms with E-state index in [1.807, 2.05) is 0 Å². The van der Waals surface area contributed by atoms with E-state index in [-0.39, 0.29) is 17.8 Å². The molecular formula is C17H27NO2. The molecular weight excluding hydrogens is 250 g/mol. The molecule has 3 heteroatoms. The number of amides is 1. The molecule has 3 aliphatic rings. The molecule has 5 atom stereocenters. The number of Topliss-reactive ketones (excluding diaryl/α,β-unsaturated/α-hetero) is 1. The molecule has 0 aromatic carbocycles. The Hall–Kier alpha value is -0.860. The van der Waals surface area contributed by atoms with Crippen molar-refractivity contribution < 1.29 is 9.59 Å². The highest BCUT2D eigenvalue weighted by Crippen LogP contribution is 2.41. The minimum Gasteiger partial charge on any atom is -0.342 e. The topological polar surface area (TPSA) is 37.4 Å². The summed E-state index contributed by atoms with van der Waals surface area (Å²) >= 11 is 0. The van der Waals surface area contributed by atoms with Crippen LogP contribution in [0, 0.1) is 29.6 Å². The molecule has 2 bridgehead atoms. The molecule has 0 radical (unpaired) electrons. The Kier molecular flexibility index (Phi) is 3.87. The lowest BCUT2D eigenvalue weighted by Crippen LogP contribution is -2.48. The van der Waals surface area contributed by atoms with E-state index in [9.17, 15) is 9.59 Å². The SMILES string of the molecule is C[C@H]1C[C@H](C)CN(C(=O)C2C[C@H]3CCC[C@@H](C2)C3=O)C1. The molecule has 1 saturated heterocycles. The van der Waals surface area contributed by atoms with Crippen LogP contribution in [0.4, 0.5) is 0 Å². The van der Waals surface area contributed by atoms with Crippen LogP contribution in [-0.2, 0) is 9.59 Å². The molecule has 1 amide bonds. The van der Waals surface area contributed by atoms with Crippen molar-refractivity contribution in [3.05, 3.63) is 0 Å². The number of likely N-dealkylation sites (tertiary alicyclic amines) is 1. The molecule has 112 valence electrons. The molecule has 3 nitrogen and oxygen atoms in total. The predicted octanol–water partition coefficient (Wildman–Crippen LogP) is 2.89. The maximum absolute atomic E-state index is 12.8. The first kappa shape index (κ1) is 14.1. The Balaban J connectivity index is 1.67. The third-order valence-corrected chi connectivity index (χ3v) is 5.58. The predicted molar refractivity (Wildman–Crippen MR) is 78.1 cm³/mol. The fourth-order valence-corrected chi connectivity index (χ4v) is 4.78. The Morgan fingerprint density at radius 2 is 1.55 bits per heavy atom. The van der Waals surface area contributed by atoms with Crippen molar-refractivity contribution in [2.45, 2.75) is 52.4 Å². The van der Waals surface area contributed by atoms with E-state index in [1.165, 1.54) is 12.8 Å². The van der Waals surface area contributed by atoms with Crippen molar-refractivity contribution in [3.8, 4) is 0 Å². The molecule has 3 fully saturated rings. The Morgan fingerprint density at radius 1 is 1.00 bits per heavy atom. The second-order valence-electron chi connectivity index (χ2n) is 7.58. The average Bonchev–Trinajstić information content (AvgIpc) is 2.36. The smallest absolute Gasteiger partial charge is 0.225 e. The summed E-state index contributed by atoms with van der Waals surface area (Å²) in [6.45, 7) is 6.33. The fourth-order valence-electron chi connectivity index (χ4n) is 4.78. The summed E-state index contributed by atoms with van der Waals surface area (Å²) in [5, 5.41) is 0. The minimum atomic E-state index is 0.125. The first-order chi connectivity index (χ1) is 9.54. The second-order valence-corrected chi connectivity index (χ2v) is 7.58. The zero-order chi connectivity index (χ0) is 14.3. The Labute approximate surface area is 122 Å². The quantitative estimate of drug-likeness (QED) is 0.739.